The third-order valence-corrected chi connectivity index (χ3v) is 5.07. The van der Waals surface area contributed by atoms with Gasteiger partial charge in [0.05, 0.1) is 18.7 Å². The third kappa shape index (κ3) is 4.17. The molecule has 4 aromatic rings. The first-order valence-corrected chi connectivity index (χ1v) is 10.0. The summed E-state index contributed by atoms with van der Waals surface area (Å²) in [5.41, 5.74) is 5.50. The molecule has 3 aromatic carbocycles. The van der Waals surface area contributed by atoms with E-state index in [-0.39, 0.29) is 5.91 Å². The first-order valence-electron chi connectivity index (χ1n) is 10.0. The zero-order valence-electron chi connectivity index (χ0n) is 17.1. The van der Waals surface area contributed by atoms with Crippen molar-refractivity contribution in [3.05, 3.63) is 89.0 Å². The van der Waals surface area contributed by atoms with Gasteiger partial charge in [0.1, 0.15) is 11.3 Å². The third-order valence-electron chi connectivity index (χ3n) is 5.07. The molecule has 0 atom stereocenters. The van der Waals surface area contributed by atoms with Crippen molar-refractivity contribution in [2.45, 2.75) is 26.9 Å². The Morgan fingerprint density at radius 2 is 1.80 bits per heavy atom. The molecule has 0 saturated heterocycles. The van der Waals surface area contributed by atoms with Gasteiger partial charge in [-0.3, -0.25) is 4.79 Å². The average molecular weight is 400 g/mol. The van der Waals surface area contributed by atoms with E-state index < -0.39 is 0 Å². The summed E-state index contributed by atoms with van der Waals surface area (Å²) in [6, 6.07) is 21.4. The number of nitrogens with zero attached hydrogens (tertiary/aromatic N) is 3. The fourth-order valence-corrected chi connectivity index (χ4v) is 3.40. The van der Waals surface area contributed by atoms with E-state index in [2.05, 4.69) is 34.7 Å². The predicted octanol–water partition coefficient (Wildman–Crippen LogP) is 4.12. The zero-order valence-corrected chi connectivity index (χ0v) is 17.1. The molecule has 0 saturated carbocycles. The van der Waals surface area contributed by atoms with Crippen LogP contribution in [0, 0.1) is 6.92 Å². The second kappa shape index (κ2) is 8.78. The summed E-state index contributed by atoms with van der Waals surface area (Å²) in [5, 5.41) is 11.5. The van der Waals surface area contributed by atoms with Gasteiger partial charge < -0.3 is 10.1 Å². The maximum atomic E-state index is 12.7. The summed E-state index contributed by atoms with van der Waals surface area (Å²) in [6.07, 6.45) is 0. The molecule has 1 heterocycles. The Hall–Kier alpha value is -3.67. The lowest BCUT2D eigenvalue weighted by atomic mass is 10.1. The van der Waals surface area contributed by atoms with Crippen molar-refractivity contribution in [2.24, 2.45) is 0 Å². The number of hydrogen-bond acceptors (Lipinski definition) is 4. The fraction of sp³-hybridized carbons (Fsp3) is 0.208. The van der Waals surface area contributed by atoms with Crippen LogP contribution >= 0.6 is 0 Å². The lowest BCUT2D eigenvalue weighted by Gasteiger charge is -2.11. The number of para-hydroxylation sites is 1. The number of hydrogen-bond donors (Lipinski definition) is 1. The Labute approximate surface area is 175 Å². The van der Waals surface area contributed by atoms with Crippen LogP contribution < -0.4 is 10.1 Å². The van der Waals surface area contributed by atoms with Gasteiger partial charge in [-0.05, 0) is 49.2 Å². The number of fused-ring (bicyclic) bond motifs is 1. The number of carbonyl (C=O) groups is 1. The highest BCUT2D eigenvalue weighted by molar-refractivity contribution is 5.97. The predicted molar refractivity (Wildman–Crippen MR) is 117 cm³/mol. The molecule has 1 N–H and O–H groups in total. The minimum Gasteiger partial charge on any atom is -0.494 e. The summed E-state index contributed by atoms with van der Waals surface area (Å²) in [6.45, 7) is 5.65. The van der Waals surface area contributed by atoms with Gasteiger partial charge >= 0.3 is 0 Å². The SMILES string of the molecule is CCOc1ccccc1CNC(=O)c1ccc2c(c1)nnn2Cc1ccccc1C. The monoisotopic (exact) mass is 400 g/mol. The minimum absolute atomic E-state index is 0.156. The number of amides is 1. The molecule has 1 aromatic heterocycles. The quantitative estimate of drug-likeness (QED) is 0.507. The normalized spacial score (nSPS) is 10.9. The highest BCUT2D eigenvalue weighted by atomic mass is 16.5. The van der Waals surface area contributed by atoms with E-state index in [4.69, 9.17) is 4.74 Å². The molecule has 0 spiro atoms. The second-order valence-corrected chi connectivity index (χ2v) is 7.10. The first kappa shape index (κ1) is 19.6. The Balaban J connectivity index is 1.49. The van der Waals surface area contributed by atoms with Crippen LogP contribution in [0.25, 0.3) is 11.0 Å². The molecule has 0 aliphatic rings. The lowest BCUT2D eigenvalue weighted by Crippen LogP contribution is -2.23. The first-order chi connectivity index (χ1) is 14.7. The number of carbonyl (C=O) groups excluding carboxylic acids is 1. The van der Waals surface area contributed by atoms with E-state index >= 15 is 0 Å². The standard InChI is InChI=1S/C24H24N4O2/c1-3-30-23-11-7-6-9-19(23)15-25-24(29)18-12-13-22-21(14-18)26-27-28(22)16-20-10-5-4-8-17(20)2/h4-14H,3,15-16H2,1-2H3,(H,25,29). The summed E-state index contributed by atoms with van der Waals surface area (Å²) < 4.78 is 7.48. The maximum Gasteiger partial charge on any atom is 0.251 e. The van der Waals surface area contributed by atoms with E-state index in [9.17, 15) is 4.79 Å². The number of aromatic nitrogens is 3. The van der Waals surface area contributed by atoms with Gasteiger partial charge in [0.15, 0.2) is 0 Å². The van der Waals surface area contributed by atoms with Gasteiger partial charge in [-0.25, -0.2) is 4.68 Å². The van der Waals surface area contributed by atoms with Crippen molar-refractivity contribution < 1.29 is 9.53 Å². The number of aryl methyl sites for hydroxylation is 1. The van der Waals surface area contributed by atoms with E-state index in [0.29, 0.717) is 30.8 Å². The number of nitrogens with one attached hydrogen (secondary N) is 1. The van der Waals surface area contributed by atoms with Crippen LogP contribution in [0.5, 0.6) is 5.75 Å². The maximum absolute atomic E-state index is 12.7. The van der Waals surface area contributed by atoms with E-state index in [0.717, 1.165) is 16.8 Å². The minimum atomic E-state index is -0.156. The molecular weight excluding hydrogens is 376 g/mol. The van der Waals surface area contributed by atoms with E-state index in [1.54, 1.807) is 6.07 Å². The molecule has 0 fully saturated rings. The van der Waals surface area contributed by atoms with Gasteiger partial charge in [0.25, 0.3) is 5.91 Å². The van der Waals surface area contributed by atoms with Crippen LogP contribution in [0.15, 0.2) is 66.7 Å². The molecule has 0 aliphatic carbocycles. The van der Waals surface area contributed by atoms with E-state index in [1.165, 1.54) is 11.1 Å². The van der Waals surface area contributed by atoms with Gasteiger partial charge in [-0.15, -0.1) is 5.10 Å². The molecule has 0 unspecified atom stereocenters. The summed E-state index contributed by atoms with van der Waals surface area (Å²) in [4.78, 5) is 12.7. The summed E-state index contributed by atoms with van der Waals surface area (Å²) in [7, 11) is 0. The van der Waals surface area contributed by atoms with Gasteiger partial charge in [-0.1, -0.05) is 47.7 Å². The Bertz CT molecular complexity index is 1180. The van der Waals surface area contributed by atoms with Crippen LogP contribution in [0.4, 0.5) is 0 Å². The van der Waals surface area contributed by atoms with Crippen molar-refractivity contribution >= 4 is 16.9 Å². The number of ether oxygens (including phenoxy) is 1. The smallest absolute Gasteiger partial charge is 0.251 e. The zero-order chi connectivity index (χ0) is 20.9. The van der Waals surface area contributed by atoms with Crippen LogP contribution in [0.2, 0.25) is 0 Å². The van der Waals surface area contributed by atoms with Crippen LogP contribution in [-0.2, 0) is 13.1 Å². The molecule has 30 heavy (non-hydrogen) atoms. The Kier molecular flexibility index (Phi) is 5.75. The van der Waals surface area contributed by atoms with Gasteiger partial charge in [0.2, 0.25) is 0 Å². The summed E-state index contributed by atoms with van der Waals surface area (Å²) in [5.74, 6) is 0.631. The molecule has 0 radical (unpaired) electrons. The topological polar surface area (TPSA) is 69.0 Å². The average Bonchev–Trinajstić information content (AvgIpc) is 3.17. The van der Waals surface area contributed by atoms with Crippen molar-refractivity contribution in [2.75, 3.05) is 6.61 Å². The van der Waals surface area contributed by atoms with Crippen molar-refractivity contribution in [3.63, 3.8) is 0 Å². The molecule has 6 heteroatoms. The van der Waals surface area contributed by atoms with Crippen LogP contribution in [0.1, 0.15) is 34.0 Å². The fourth-order valence-electron chi connectivity index (χ4n) is 3.40. The highest BCUT2D eigenvalue weighted by Gasteiger charge is 2.12. The molecule has 0 aliphatic heterocycles. The van der Waals surface area contributed by atoms with Gasteiger partial charge in [0, 0.05) is 17.7 Å². The largest absolute Gasteiger partial charge is 0.494 e. The summed E-state index contributed by atoms with van der Waals surface area (Å²) >= 11 is 0. The van der Waals surface area contributed by atoms with Crippen molar-refractivity contribution in [1.82, 2.24) is 20.3 Å². The highest BCUT2D eigenvalue weighted by Crippen LogP contribution is 2.19. The molecule has 1 amide bonds. The molecular formula is C24H24N4O2. The Morgan fingerprint density at radius 1 is 1.03 bits per heavy atom. The lowest BCUT2D eigenvalue weighted by molar-refractivity contribution is 0.0950. The number of benzene rings is 3. The van der Waals surface area contributed by atoms with Gasteiger partial charge in [-0.2, -0.15) is 0 Å². The number of rotatable bonds is 7. The van der Waals surface area contributed by atoms with Crippen LogP contribution in [-0.4, -0.2) is 27.5 Å². The van der Waals surface area contributed by atoms with Crippen molar-refractivity contribution in [3.8, 4) is 5.75 Å². The van der Waals surface area contributed by atoms with Crippen LogP contribution in [0.3, 0.4) is 0 Å². The Morgan fingerprint density at radius 3 is 2.60 bits per heavy atom. The van der Waals surface area contributed by atoms with Crippen molar-refractivity contribution in [1.29, 1.82) is 0 Å². The molecule has 152 valence electrons. The molecule has 4 rings (SSSR count). The second-order valence-electron chi connectivity index (χ2n) is 7.10. The molecule has 6 nitrogen and oxygen atoms in total. The molecule has 0 bridgehead atoms. The van der Waals surface area contributed by atoms with E-state index in [1.807, 2.05) is 60.1 Å².